The van der Waals surface area contributed by atoms with Gasteiger partial charge in [0.25, 0.3) is 0 Å². The monoisotopic (exact) mass is 400 g/mol. The van der Waals surface area contributed by atoms with E-state index in [2.05, 4.69) is 47.9 Å². The maximum Gasteiger partial charge on any atom is 0.238 e. The first-order valence-corrected chi connectivity index (χ1v) is 9.79. The Morgan fingerprint density at radius 3 is 2.63 bits per heavy atom. The van der Waals surface area contributed by atoms with E-state index in [0.29, 0.717) is 16.5 Å². The van der Waals surface area contributed by atoms with E-state index in [1.165, 1.54) is 5.56 Å². The topological polar surface area (TPSA) is 50.4 Å². The molecule has 0 saturated carbocycles. The van der Waals surface area contributed by atoms with Gasteiger partial charge in [-0.2, -0.15) is 0 Å². The van der Waals surface area contributed by atoms with Gasteiger partial charge in [0.1, 0.15) is 5.75 Å². The minimum absolute atomic E-state index is 0.0439. The summed E-state index contributed by atoms with van der Waals surface area (Å²) in [6.45, 7) is 2.22. The number of hydrogen-bond acceptors (Lipinski definition) is 4. The Morgan fingerprint density at radius 1 is 1.19 bits per heavy atom. The number of ether oxygens (including phenoxy) is 1. The second-order valence-corrected chi connectivity index (χ2v) is 7.55. The standard InChI is InChI=1S/C21H21ClN2O2S/c1-14-5-7-15(8-6-14)21(19-4-3-11-27-19)23-13-20(25)24-17-12-16(22)9-10-18(17)26-2/h3-12,21,23H,13H2,1-2H3,(H,24,25)/t21-/m1/s1. The van der Waals surface area contributed by atoms with Crippen LogP contribution in [-0.4, -0.2) is 19.6 Å². The number of methoxy groups -OCH3 is 1. The lowest BCUT2D eigenvalue weighted by Crippen LogP contribution is -2.31. The molecule has 6 heteroatoms. The predicted octanol–water partition coefficient (Wildman–Crippen LogP) is 5.04. The molecule has 0 fully saturated rings. The largest absolute Gasteiger partial charge is 0.495 e. The minimum Gasteiger partial charge on any atom is -0.495 e. The number of rotatable bonds is 7. The Morgan fingerprint density at radius 2 is 1.96 bits per heavy atom. The average molecular weight is 401 g/mol. The van der Waals surface area contributed by atoms with Crippen LogP contribution in [0.2, 0.25) is 5.02 Å². The zero-order chi connectivity index (χ0) is 19.2. The van der Waals surface area contributed by atoms with Gasteiger partial charge >= 0.3 is 0 Å². The fourth-order valence-electron chi connectivity index (χ4n) is 2.76. The van der Waals surface area contributed by atoms with Crippen molar-refractivity contribution in [2.75, 3.05) is 19.0 Å². The average Bonchev–Trinajstić information content (AvgIpc) is 3.18. The van der Waals surface area contributed by atoms with Gasteiger partial charge < -0.3 is 10.1 Å². The van der Waals surface area contributed by atoms with Crippen LogP contribution in [0, 0.1) is 6.92 Å². The third-order valence-electron chi connectivity index (χ3n) is 4.14. The Hall–Kier alpha value is -2.34. The molecule has 0 aliphatic heterocycles. The van der Waals surface area contributed by atoms with Gasteiger partial charge in [0, 0.05) is 9.90 Å². The summed E-state index contributed by atoms with van der Waals surface area (Å²) < 4.78 is 5.27. The van der Waals surface area contributed by atoms with E-state index >= 15 is 0 Å². The molecule has 1 atom stereocenters. The number of carbonyl (C=O) groups excluding carboxylic acids is 1. The van der Waals surface area contributed by atoms with Crippen molar-refractivity contribution in [1.82, 2.24) is 5.32 Å². The van der Waals surface area contributed by atoms with Crippen molar-refractivity contribution in [3.05, 3.63) is 81.0 Å². The number of benzene rings is 2. The molecule has 0 bridgehead atoms. The molecular formula is C21H21ClN2O2S. The summed E-state index contributed by atoms with van der Waals surface area (Å²) in [7, 11) is 1.56. The quantitative estimate of drug-likeness (QED) is 0.584. The van der Waals surface area contributed by atoms with Gasteiger partial charge in [0.05, 0.1) is 25.4 Å². The smallest absolute Gasteiger partial charge is 0.238 e. The highest BCUT2D eigenvalue weighted by molar-refractivity contribution is 7.10. The van der Waals surface area contributed by atoms with Crippen molar-refractivity contribution >= 4 is 34.5 Å². The van der Waals surface area contributed by atoms with E-state index < -0.39 is 0 Å². The van der Waals surface area contributed by atoms with Crippen LogP contribution in [0.4, 0.5) is 5.69 Å². The predicted molar refractivity (Wildman–Crippen MR) is 112 cm³/mol. The van der Waals surface area contributed by atoms with Crippen molar-refractivity contribution in [2.24, 2.45) is 0 Å². The summed E-state index contributed by atoms with van der Waals surface area (Å²) in [6, 6.07) is 17.5. The number of halogens is 1. The number of anilines is 1. The van der Waals surface area contributed by atoms with E-state index in [1.807, 2.05) is 11.4 Å². The molecule has 3 aromatic rings. The van der Waals surface area contributed by atoms with E-state index in [4.69, 9.17) is 16.3 Å². The summed E-state index contributed by atoms with van der Waals surface area (Å²) in [5, 5.41) is 8.78. The van der Waals surface area contributed by atoms with Gasteiger partial charge in [0.2, 0.25) is 5.91 Å². The van der Waals surface area contributed by atoms with Crippen LogP contribution < -0.4 is 15.4 Å². The summed E-state index contributed by atoms with van der Waals surface area (Å²) in [4.78, 5) is 13.6. The van der Waals surface area contributed by atoms with Crippen LogP contribution in [0.5, 0.6) is 5.75 Å². The molecule has 0 radical (unpaired) electrons. The van der Waals surface area contributed by atoms with Gasteiger partial charge in [-0.15, -0.1) is 11.3 Å². The van der Waals surface area contributed by atoms with Crippen molar-refractivity contribution < 1.29 is 9.53 Å². The molecule has 140 valence electrons. The Balaban J connectivity index is 1.71. The molecule has 0 unspecified atom stereocenters. The first-order chi connectivity index (χ1) is 13.1. The molecule has 1 heterocycles. The van der Waals surface area contributed by atoms with Crippen LogP contribution in [-0.2, 0) is 4.79 Å². The maximum atomic E-state index is 12.5. The lowest BCUT2D eigenvalue weighted by Gasteiger charge is -2.18. The number of aryl methyl sites for hydroxylation is 1. The molecule has 2 aromatic carbocycles. The van der Waals surface area contributed by atoms with Crippen molar-refractivity contribution in [3.8, 4) is 5.75 Å². The van der Waals surface area contributed by atoms with Crippen LogP contribution in [0.1, 0.15) is 22.0 Å². The van der Waals surface area contributed by atoms with Gasteiger partial charge in [-0.3, -0.25) is 10.1 Å². The molecule has 0 spiro atoms. The molecular weight excluding hydrogens is 380 g/mol. The molecule has 1 aromatic heterocycles. The normalized spacial score (nSPS) is 11.8. The number of amides is 1. The van der Waals surface area contributed by atoms with Crippen LogP contribution in [0.15, 0.2) is 60.0 Å². The Labute approximate surface area is 168 Å². The summed E-state index contributed by atoms with van der Waals surface area (Å²) in [5.74, 6) is 0.408. The fourth-order valence-corrected chi connectivity index (χ4v) is 3.76. The first kappa shape index (κ1) is 19.4. The molecule has 0 aliphatic rings. The molecule has 27 heavy (non-hydrogen) atoms. The van der Waals surface area contributed by atoms with E-state index in [9.17, 15) is 4.79 Å². The summed E-state index contributed by atoms with van der Waals surface area (Å²) >= 11 is 7.69. The van der Waals surface area contributed by atoms with Gasteiger partial charge in [-0.05, 0) is 42.1 Å². The van der Waals surface area contributed by atoms with E-state index in [0.717, 1.165) is 10.4 Å². The molecule has 0 saturated heterocycles. The highest BCUT2D eigenvalue weighted by Crippen LogP contribution is 2.28. The van der Waals surface area contributed by atoms with Gasteiger partial charge in [-0.1, -0.05) is 47.5 Å². The van der Waals surface area contributed by atoms with Crippen LogP contribution >= 0.6 is 22.9 Å². The van der Waals surface area contributed by atoms with Crippen molar-refractivity contribution in [1.29, 1.82) is 0 Å². The third-order valence-corrected chi connectivity index (χ3v) is 5.31. The Bertz CT molecular complexity index is 895. The molecule has 2 N–H and O–H groups in total. The summed E-state index contributed by atoms with van der Waals surface area (Å²) in [6.07, 6.45) is 0. The zero-order valence-electron chi connectivity index (χ0n) is 15.2. The van der Waals surface area contributed by atoms with Gasteiger partial charge in [-0.25, -0.2) is 0 Å². The fraction of sp³-hybridized carbons (Fsp3) is 0.190. The van der Waals surface area contributed by atoms with Crippen LogP contribution in [0.3, 0.4) is 0 Å². The first-order valence-electron chi connectivity index (χ1n) is 8.53. The lowest BCUT2D eigenvalue weighted by atomic mass is 10.0. The zero-order valence-corrected chi connectivity index (χ0v) is 16.7. The van der Waals surface area contributed by atoms with E-state index in [1.54, 1.807) is 36.6 Å². The van der Waals surface area contributed by atoms with Crippen LogP contribution in [0.25, 0.3) is 0 Å². The maximum absolute atomic E-state index is 12.5. The van der Waals surface area contributed by atoms with Crippen molar-refractivity contribution in [3.63, 3.8) is 0 Å². The molecule has 0 aliphatic carbocycles. The van der Waals surface area contributed by atoms with Crippen molar-refractivity contribution in [2.45, 2.75) is 13.0 Å². The number of carbonyl (C=O) groups is 1. The second-order valence-electron chi connectivity index (χ2n) is 6.13. The summed E-state index contributed by atoms with van der Waals surface area (Å²) in [5.41, 5.74) is 2.88. The van der Waals surface area contributed by atoms with E-state index in [-0.39, 0.29) is 18.5 Å². The third kappa shape index (κ3) is 5.10. The lowest BCUT2D eigenvalue weighted by molar-refractivity contribution is -0.115. The minimum atomic E-state index is -0.163. The number of hydrogen-bond donors (Lipinski definition) is 2. The molecule has 4 nitrogen and oxygen atoms in total. The van der Waals surface area contributed by atoms with Gasteiger partial charge in [0.15, 0.2) is 0 Å². The second kappa shape index (κ2) is 9.04. The number of thiophene rings is 1. The SMILES string of the molecule is COc1ccc(Cl)cc1NC(=O)CN[C@H](c1ccc(C)cc1)c1cccs1. The Kier molecular flexibility index (Phi) is 6.50. The molecule has 1 amide bonds. The highest BCUT2D eigenvalue weighted by atomic mass is 35.5. The highest BCUT2D eigenvalue weighted by Gasteiger charge is 2.17. The molecule has 3 rings (SSSR count). The number of nitrogens with one attached hydrogen (secondary N) is 2.